The van der Waals surface area contributed by atoms with Gasteiger partial charge in [0, 0.05) is 25.0 Å². The first kappa shape index (κ1) is 20.0. The molecule has 0 aromatic heterocycles. The summed E-state index contributed by atoms with van der Waals surface area (Å²) in [5.74, 6) is 0.934. The minimum atomic E-state index is -0.235. The Morgan fingerprint density at radius 2 is 1.91 bits per heavy atom. The zero-order valence-corrected chi connectivity index (χ0v) is 16.3. The number of halogens is 1. The molecule has 2 atom stereocenters. The summed E-state index contributed by atoms with van der Waals surface area (Å²) in [6.07, 6.45) is 5.49. The number of nitrogens with one attached hydrogen (secondary N) is 1. The van der Waals surface area contributed by atoms with Crippen LogP contribution in [0.1, 0.15) is 52.4 Å². The fourth-order valence-corrected chi connectivity index (χ4v) is 3.32. The largest absolute Gasteiger partial charge is 0.393 e. The van der Waals surface area contributed by atoms with Crippen molar-refractivity contribution in [3.63, 3.8) is 0 Å². The molecule has 0 aromatic carbocycles. The SMILES string of the molecule is CCNC(=NCC1(C)CCCCC1O)N1CCC(O)CC1.I. The van der Waals surface area contributed by atoms with E-state index in [4.69, 9.17) is 4.99 Å². The maximum absolute atomic E-state index is 10.3. The first-order chi connectivity index (χ1) is 10.0. The van der Waals surface area contributed by atoms with E-state index in [1.165, 1.54) is 6.42 Å². The van der Waals surface area contributed by atoms with Gasteiger partial charge in [-0.05, 0) is 32.6 Å². The molecule has 2 fully saturated rings. The van der Waals surface area contributed by atoms with Gasteiger partial charge in [0.1, 0.15) is 0 Å². The van der Waals surface area contributed by atoms with E-state index in [0.29, 0.717) is 6.54 Å². The third-order valence-corrected chi connectivity index (χ3v) is 4.97. The Bertz CT molecular complexity index is 359. The molecule has 2 rings (SSSR count). The fourth-order valence-electron chi connectivity index (χ4n) is 3.32. The molecule has 22 heavy (non-hydrogen) atoms. The second kappa shape index (κ2) is 9.27. The Hall–Kier alpha value is -0.0800. The van der Waals surface area contributed by atoms with Crippen molar-refractivity contribution in [2.75, 3.05) is 26.2 Å². The molecular formula is C16H32IN3O2. The Kier molecular flexibility index (Phi) is 8.42. The van der Waals surface area contributed by atoms with Gasteiger partial charge in [0.05, 0.1) is 18.8 Å². The third kappa shape index (κ3) is 5.23. The summed E-state index contributed by atoms with van der Waals surface area (Å²) < 4.78 is 0. The number of aliphatic hydroxyl groups is 2. The molecule has 5 nitrogen and oxygen atoms in total. The number of hydrogen-bond acceptors (Lipinski definition) is 3. The molecule has 1 aliphatic carbocycles. The van der Waals surface area contributed by atoms with Gasteiger partial charge in [-0.3, -0.25) is 4.99 Å². The molecule has 0 amide bonds. The monoisotopic (exact) mass is 425 g/mol. The van der Waals surface area contributed by atoms with Crippen molar-refractivity contribution < 1.29 is 10.2 Å². The second-order valence-electron chi connectivity index (χ2n) is 6.80. The maximum atomic E-state index is 10.3. The van der Waals surface area contributed by atoms with E-state index in [2.05, 4.69) is 24.1 Å². The van der Waals surface area contributed by atoms with Gasteiger partial charge in [0.2, 0.25) is 0 Å². The van der Waals surface area contributed by atoms with E-state index < -0.39 is 0 Å². The van der Waals surface area contributed by atoms with Crippen LogP contribution in [-0.4, -0.2) is 59.5 Å². The topological polar surface area (TPSA) is 68.1 Å². The van der Waals surface area contributed by atoms with Crippen LogP contribution in [0.4, 0.5) is 0 Å². The smallest absolute Gasteiger partial charge is 0.193 e. The molecule has 130 valence electrons. The normalized spacial score (nSPS) is 30.8. The summed E-state index contributed by atoms with van der Waals surface area (Å²) in [6, 6.07) is 0. The predicted octanol–water partition coefficient (Wildman–Crippen LogP) is 1.97. The van der Waals surface area contributed by atoms with Gasteiger partial charge in [0.15, 0.2) is 5.96 Å². The quantitative estimate of drug-likeness (QED) is 0.368. The lowest BCUT2D eigenvalue weighted by Crippen LogP contribution is -2.47. The molecule has 2 aliphatic rings. The highest BCUT2D eigenvalue weighted by Crippen LogP contribution is 2.36. The average Bonchev–Trinajstić information content (AvgIpc) is 2.48. The van der Waals surface area contributed by atoms with E-state index in [-0.39, 0.29) is 41.6 Å². The van der Waals surface area contributed by atoms with E-state index in [0.717, 1.165) is 57.7 Å². The van der Waals surface area contributed by atoms with Crippen LogP contribution in [0.3, 0.4) is 0 Å². The zero-order valence-electron chi connectivity index (χ0n) is 13.9. The van der Waals surface area contributed by atoms with Crippen molar-refractivity contribution in [1.82, 2.24) is 10.2 Å². The molecule has 1 saturated carbocycles. The van der Waals surface area contributed by atoms with E-state index in [1.54, 1.807) is 0 Å². The highest BCUT2D eigenvalue weighted by molar-refractivity contribution is 14.0. The highest BCUT2D eigenvalue weighted by Gasteiger charge is 2.35. The maximum Gasteiger partial charge on any atom is 0.193 e. The summed E-state index contributed by atoms with van der Waals surface area (Å²) in [5, 5.41) is 23.3. The standard InChI is InChI=1S/C16H31N3O2.HI/c1-3-17-15(19-10-7-13(20)8-11-19)18-12-16(2)9-5-4-6-14(16)21;/h13-14,20-21H,3-12H2,1-2H3,(H,17,18);1H. The van der Waals surface area contributed by atoms with Crippen molar-refractivity contribution in [2.45, 2.75) is 64.6 Å². The molecule has 0 aromatic rings. The number of rotatable bonds is 3. The van der Waals surface area contributed by atoms with Crippen molar-refractivity contribution in [2.24, 2.45) is 10.4 Å². The van der Waals surface area contributed by atoms with Crippen LogP contribution in [0.25, 0.3) is 0 Å². The molecular weight excluding hydrogens is 393 g/mol. The molecule has 3 N–H and O–H groups in total. The summed E-state index contributed by atoms with van der Waals surface area (Å²) in [4.78, 5) is 7.03. The van der Waals surface area contributed by atoms with E-state index in [1.807, 2.05) is 0 Å². The van der Waals surface area contributed by atoms with Crippen LogP contribution in [0.5, 0.6) is 0 Å². The van der Waals surface area contributed by atoms with Gasteiger partial charge >= 0.3 is 0 Å². The van der Waals surface area contributed by atoms with Crippen LogP contribution in [0.2, 0.25) is 0 Å². The van der Waals surface area contributed by atoms with E-state index >= 15 is 0 Å². The second-order valence-corrected chi connectivity index (χ2v) is 6.80. The van der Waals surface area contributed by atoms with E-state index in [9.17, 15) is 10.2 Å². The Morgan fingerprint density at radius 1 is 1.23 bits per heavy atom. The van der Waals surface area contributed by atoms with Gasteiger partial charge in [-0.2, -0.15) is 0 Å². The third-order valence-electron chi connectivity index (χ3n) is 4.97. The number of hydrogen-bond donors (Lipinski definition) is 3. The predicted molar refractivity (Wildman–Crippen MR) is 101 cm³/mol. The minimum absolute atomic E-state index is 0. The number of guanidine groups is 1. The van der Waals surface area contributed by atoms with Gasteiger partial charge < -0.3 is 20.4 Å². The Balaban J connectivity index is 0.00000242. The lowest BCUT2D eigenvalue weighted by molar-refractivity contribution is 0.00696. The number of aliphatic hydroxyl groups excluding tert-OH is 2. The number of piperidine rings is 1. The first-order valence-electron chi connectivity index (χ1n) is 8.44. The average molecular weight is 425 g/mol. The highest BCUT2D eigenvalue weighted by atomic mass is 127. The van der Waals surface area contributed by atoms with Crippen LogP contribution in [-0.2, 0) is 0 Å². The summed E-state index contributed by atoms with van der Waals surface area (Å²) >= 11 is 0. The molecule has 2 unspecified atom stereocenters. The number of aliphatic imine (C=N–C) groups is 1. The van der Waals surface area contributed by atoms with Crippen molar-refractivity contribution in [1.29, 1.82) is 0 Å². The van der Waals surface area contributed by atoms with Crippen LogP contribution < -0.4 is 5.32 Å². The van der Waals surface area contributed by atoms with Crippen LogP contribution in [0.15, 0.2) is 4.99 Å². The van der Waals surface area contributed by atoms with Crippen molar-refractivity contribution >= 4 is 29.9 Å². The molecule has 0 radical (unpaired) electrons. The van der Waals surface area contributed by atoms with Gasteiger partial charge in [0.25, 0.3) is 0 Å². The van der Waals surface area contributed by atoms with Crippen LogP contribution in [0, 0.1) is 5.41 Å². The summed E-state index contributed by atoms with van der Waals surface area (Å²) in [5.41, 5.74) is -0.0891. The summed E-state index contributed by atoms with van der Waals surface area (Å²) in [6.45, 7) is 7.46. The molecule has 1 aliphatic heterocycles. The van der Waals surface area contributed by atoms with Gasteiger partial charge in [-0.15, -0.1) is 24.0 Å². The lowest BCUT2D eigenvalue weighted by atomic mass is 9.73. The summed E-state index contributed by atoms with van der Waals surface area (Å²) in [7, 11) is 0. The fraction of sp³-hybridized carbons (Fsp3) is 0.938. The van der Waals surface area contributed by atoms with Crippen molar-refractivity contribution in [3.8, 4) is 0 Å². The molecule has 1 saturated heterocycles. The molecule has 0 spiro atoms. The first-order valence-corrected chi connectivity index (χ1v) is 8.44. The van der Waals surface area contributed by atoms with Crippen molar-refractivity contribution in [3.05, 3.63) is 0 Å². The minimum Gasteiger partial charge on any atom is -0.393 e. The van der Waals surface area contributed by atoms with Gasteiger partial charge in [-0.1, -0.05) is 19.8 Å². The lowest BCUT2D eigenvalue weighted by Gasteiger charge is -2.38. The zero-order chi connectivity index (χ0) is 15.3. The molecule has 1 heterocycles. The van der Waals surface area contributed by atoms with Crippen LogP contribution >= 0.6 is 24.0 Å². The van der Waals surface area contributed by atoms with Gasteiger partial charge in [-0.25, -0.2) is 0 Å². The number of likely N-dealkylation sites (tertiary alicyclic amines) is 1. The Labute approximate surface area is 151 Å². The Morgan fingerprint density at radius 3 is 2.50 bits per heavy atom. The number of nitrogens with zero attached hydrogens (tertiary/aromatic N) is 2. The molecule has 6 heteroatoms. The molecule has 0 bridgehead atoms.